The van der Waals surface area contributed by atoms with Gasteiger partial charge in [-0.05, 0) is 37.8 Å². The number of hydrogen-bond donors (Lipinski definition) is 1. The number of rotatable bonds is 4. The molecular weight excluding hydrogens is 424 g/mol. The molecule has 2 aliphatic rings. The molecule has 2 fully saturated rings. The van der Waals surface area contributed by atoms with Crippen molar-refractivity contribution in [2.24, 2.45) is 24.6 Å². The molecule has 1 aromatic carbocycles. The number of amides is 2. The topological polar surface area (TPSA) is 136 Å². The Morgan fingerprint density at radius 2 is 1.65 bits per heavy atom. The van der Waals surface area contributed by atoms with Crippen LogP contribution < -0.4 is 11.5 Å². The number of sulfonamides is 1. The summed E-state index contributed by atoms with van der Waals surface area (Å²) in [7, 11) is -2.21. The molecule has 10 nitrogen and oxygen atoms in total. The van der Waals surface area contributed by atoms with Crippen LogP contribution in [0.5, 0.6) is 0 Å². The summed E-state index contributed by atoms with van der Waals surface area (Å²) in [5, 5.41) is 0. The molecule has 0 bridgehead atoms. The Kier molecular flexibility index (Phi) is 5.65. The van der Waals surface area contributed by atoms with Crippen molar-refractivity contribution < 1.29 is 22.4 Å². The molecule has 0 radical (unpaired) electrons. The number of primary amides is 1. The Morgan fingerprint density at radius 3 is 2.26 bits per heavy atom. The van der Waals surface area contributed by atoms with Crippen molar-refractivity contribution in [1.29, 1.82) is 0 Å². The second-order valence-electron chi connectivity index (χ2n) is 8.24. The van der Waals surface area contributed by atoms with E-state index < -0.39 is 15.8 Å². The zero-order valence-corrected chi connectivity index (χ0v) is 18.1. The molecule has 168 valence electrons. The van der Waals surface area contributed by atoms with Gasteiger partial charge in [0.15, 0.2) is 5.58 Å². The normalized spacial score (nSPS) is 19.7. The molecule has 2 saturated heterocycles. The van der Waals surface area contributed by atoms with E-state index in [0.29, 0.717) is 44.3 Å². The van der Waals surface area contributed by atoms with Crippen LogP contribution in [0, 0.1) is 11.8 Å². The number of aromatic nitrogens is 1. The highest BCUT2D eigenvalue weighted by atomic mass is 32.2. The summed E-state index contributed by atoms with van der Waals surface area (Å²) in [6.45, 7) is 1.50. The highest BCUT2D eigenvalue weighted by Crippen LogP contribution is 2.28. The number of carbonyl (C=O) groups excluding carboxylic acids is 2. The number of oxazole rings is 1. The Morgan fingerprint density at radius 1 is 1.03 bits per heavy atom. The second-order valence-corrected chi connectivity index (χ2v) is 10.2. The fraction of sp³-hybridized carbons (Fsp3) is 0.550. The van der Waals surface area contributed by atoms with Crippen LogP contribution in [0.1, 0.15) is 25.7 Å². The van der Waals surface area contributed by atoms with Gasteiger partial charge in [-0.3, -0.25) is 14.2 Å². The highest BCUT2D eigenvalue weighted by molar-refractivity contribution is 7.89. The first kappa shape index (κ1) is 21.6. The molecular formula is C20H26N4O6S. The van der Waals surface area contributed by atoms with E-state index in [4.69, 9.17) is 10.2 Å². The monoisotopic (exact) mass is 450 g/mol. The Labute approximate surface area is 179 Å². The fourth-order valence-electron chi connectivity index (χ4n) is 4.41. The molecule has 2 N–H and O–H groups in total. The van der Waals surface area contributed by atoms with E-state index >= 15 is 0 Å². The van der Waals surface area contributed by atoms with Crippen molar-refractivity contribution in [3.8, 4) is 0 Å². The van der Waals surface area contributed by atoms with Crippen LogP contribution in [-0.2, 0) is 26.7 Å². The molecule has 2 amide bonds. The SMILES string of the molecule is Cn1c(=O)oc2cc(S(=O)(=O)N3CCC(C(=O)N4CCC(C(N)=O)CC4)CC3)ccc21. The first-order chi connectivity index (χ1) is 14.7. The lowest BCUT2D eigenvalue weighted by Crippen LogP contribution is -2.47. The minimum absolute atomic E-state index is 0.0208. The predicted molar refractivity (Wildman–Crippen MR) is 111 cm³/mol. The van der Waals surface area contributed by atoms with Gasteiger partial charge >= 0.3 is 5.76 Å². The van der Waals surface area contributed by atoms with Crippen molar-refractivity contribution >= 4 is 32.9 Å². The summed E-state index contributed by atoms with van der Waals surface area (Å²) in [5.74, 6) is -1.26. The van der Waals surface area contributed by atoms with E-state index in [0.717, 1.165) is 0 Å². The first-order valence-electron chi connectivity index (χ1n) is 10.4. The van der Waals surface area contributed by atoms with Gasteiger partial charge in [0.25, 0.3) is 0 Å². The van der Waals surface area contributed by atoms with Gasteiger partial charge in [-0.2, -0.15) is 4.31 Å². The summed E-state index contributed by atoms with van der Waals surface area (Å²) in [5.41, 5.74) is 6.09. The number of benzene rings is 1. The summed E-state index contributed by atoms with van der Waals surface area (Å²) in [4.78, 5) is 37.6. The van der Waals surface area contributed by atoms with Crippen molar-refractivity contribution in [2.45, 2.75) is 30.6 Å². The third-order valence-electron chi connectivity index (χ3n) is 6.41. The van der Waals surface area contributed by atoms with Crippen LogP contribution in [0.25, 0.3) is 11.1 Å². The number of likely N-dealkylation sites (tertiary alicyclic amines) is 1. The zero-order valence-electron chi connectivity index (χ0n) is 17.3. The number of nitrogens with two attached hydrogens (primary N) is 1. The molecule has 2 aliphatic heterocycles. The quantitative estimate of drug-likeness (QED) is 0.709. The number of piperidine rings is 2. The number of hydrogen-bond acceptors (Lipinski definition) is 6. The van der Waals surface area contributed by atoms with Crippen LogP contribution in [0.3, 0.4) is 0 Å². The maximum Gasteiger partial charge on any atom is 0.419 e. The molecule has 1 aromatic heterocycles. The predicted octanol–water partition coefficient (Wildman–Crippen LogP) is 0.256. The minimum Gasteiger partial charge on any atom is -0.408 e. The number of nitrogens with zero attached hydrogens (tertiary/aromatic N) is 3. The van der Waals surface area contributed by atoms with Crippen molar-refractivity contribution in [1.82, 2.24) is 13.8 Å². The summed E-state index contributed by atoms with van der Waals surface area (Å²) < 4.78 is 33.9. The third-order valence-corrected chi connectivity index (χ3v) is 8.31. The maximum atomic E-state index is 13.1. The van der Waals surface area contributed by atoms with Gasteiger partial charge in [0.05, 0.1) is 10.4 Å². The van der Waals surface area contributed by atoms with E-state index in [-0.39, 0.29) is 47.2 Å². The second kappa shape index (κ2) is 8.12. The average Bonchev–Trinajstić information content (AvgIpc) is 3.06. The molecule has 3 heterocycles. The van der Waals surface area contributed by atoms with Crippen LogP contribution in [0.2, 0.25) is 0 Å². The van der Waals surface area contributed by atoms with Crippen LogP contribution in [0.4, 0.5) is 0 Å². The van der Waals surface area contributed by atoms with E-state index in [2.05, 4.69) is 0 Å². The van der Waals surface area contributed by atoms with Crippen LogP contribution >= 0.6 is 0 Å². The van der Waals surface area contributed by atoms with Crippen molar-refractivity contribution in [3.05, 3.63) is 28.7 Å². The van der Waals surface area contributed by atoms with Gasteiger partial charge in [-0.15, -0.1) is 0 Å². The van der Waals surface area contributed by atoms with Gasteiger partial charge in [0.2, 0.25) is 21.8 Å². The molecule has 0 spiro atoms. The van der Waals surface area contributed by atoms with E-state index in [1.807, 2.05) is 0 Å². The fourth-order valence-corrected chi connectivity index (χ4v) is 5.90. The average molecular weight is 451 g/mol. The molecule has 2 aromatic rings. The van der Waals surface area contributed by atoms with Crippen molar-refractivity contribution in [3.63, 3.8) is 0 Å². The smallest absolute Gasteiger partial charge is 0.408 e. The van der Waals surface area contributed by atoms with E-state index in [9.17, 15) is 22.8 Å². The lowest BCUT2D eigenvalue weighted by atomic mass is 9.92. The lowest BCUT2D eigenvalue weighted by molar-refractivity contribution is -0.139. The first-order valence-corrected chi connectivity index (χ1v) is 11.8. The Hall–Kier alpha value is -2.66. The van der Waals surface area contributed by atoms with Gasteiger partial charge in [-0.25, -0.2) is 13.2 Å². The molecule has 31 heavy (non-hydrogen) atoms. The summed E-state index contributed by atoms with van der Waals surface area (Å²) in [6, 6.07) is 4.39. The lowest BCUT2D eigenvalue weighted by Gasteiger charge is -2.36. The van der Waals surface area contributed by atoms with E-state index in [1.165, 1.54) is 21.0 Å². The minimum atomic E-state index is -3.76. The number of fused-ring (bicyclic) bond motifs is 1. The maximum absolute atomic E-state index is 13.1. The van der Waals surface area contributed by atoms with E-state index in [1.54, 1.807) is 18.0 Å². The molecule has 0 unspecified atom stereocenters. The van der Waals surface area contributed by atoms with Gasteiger partial charge < -0.3 is 15.1 Å². The summed E-state index contributed by atoms with van der Waals surface area (Å²) in [6.07, 6.45) is 2.03. The standard InChI is InChI=1S/C20H26N4O6S/c1-22-16-3-2-15(12-17(16)30-20(22)27)31(28,29)24-10-6-14(7-11-24)19(26)23-8-4-13(5-9-23)18(21)25/h2-3,12-14H,4-11H2,1H3,(H2,21,25). The molecule has 0 aliphatic carbocycles. The molecule has 11 heteroatoms. The van der Waals surface area contributed by atoms with Gasteiger partial charge in [0.1, 0.15) is 0 Å². The summed E-state index contributed by atoms with van der Waals surface area (Å²) >= 11 is 0. The Bertz CT molecular complexity index is 1170. The van der Waals surface area contributed by atoms with Gasteiger partial charge in [0, 0.05) is 51.1 Å². The highest BCUT2D eigenvalue weighted by Gasteiger charge is 2.35. The number of carbonyl (C=O) groups is 2. The van der Waals surface area contributed by atoms with Crippen LogP contribution in [-0.4, -0.2) is 60.2 Å². The largest absolute Gasteiger partial charge is 0.419 e. The zero-order chi connectivity index (χ0) is 22.3. The van der Waals surface area contributed by atoms with Gasteiger partial charge in [-0.1, -0.05) is 0 Å². The molecule has 4 rings (SSSR count). The Balaban J connectivity index is 1.40. The van der Waals surface area contributed by atoms with Crippen LogP contribution in [0.15, 0.2) is 32.3 Å². The molecule has 0 atom stereocenters. The van der Waals surface area contributed by atoms with Crippen molar-refractivity contribution in [2.75, 3.05) is 26.2 Å². The molecule has 0 saturated carbocycles. The third kappa shape index (κ3) is 3.99. The number of aryl methyl sites for hydroxylation is 1.